The Kier molecular flexibility index (Phi) is 2.78. The number of fused-ring (bicyclic) bond motifs is 1. The molecule has 10 heteroatoms. The van der Waals surface area contributed by atoms with Crippen molar-refractivity contribution in [1.82, 2.24) is 9.84 Å². The van der Waals surface area contributed by atoms with E-state index in [1.165, 1.54) is 25.4 Å². The minimum absolute atomic E-state index is 0.0432. The molecule has 17 heavy (non-hydrogen) atoms. The van der Waals surface area contributed by atoms with Gasteiger partial charge in [-0.1, -0.05) is 0 Å². The largest absolute Gasteiger partial charge is 0.287 e. The van der Waals surface area contributed by atoms with Crippen LogP contribution in [0.2, 0.25) is 0 Å². The molecule has 2 heterocycles. The Balaban J connectivity index is 2.67. The van der Waals surface area contributed by atoms with Crippen LogP contribution in [0, 0.1) is 0 Å². The molecule has 0 amide bonds. The van der Waals surface area contributed by atoms with E-state index in [2.05, 4.69) is 5.43 Å². The molecule has 0 bridgehead atoms. The van der Waals surface area contributed by atoms with Crippen molar-refractivity contribution in [2.75, 3.05) is 7.05 Å². The first-order valence-corrected chi connectivity index (χ1v) is 8.14. The number of primary sulfonamides is 1. The number of hydrogen-bond acceptors (Lipinski definition) is 6. The van der Waals surface area contributed by atoms with Gasteiger partial charge in [0.05, 0.1) is 0 Å². The molecule has 1 aliphatic heterocycles. The second-order valence-electron chi connectivity index (χ2n) is 3.19. The maximum absolute atomic E-state index is 12.0. The third-order valence-electron chi connectivity index (χ3n) is 2.09. The van der Waals surface area contributed by atoms with Crippen LogP contribution in [-0.4, -0.2) is 28.3 Å². The zero-order valence-electron chi connectivity index (χ0n) is 8.61. The Morgan fingerprint density at radius 1 is 1.47 bits per heavy atom. The van der Waals surface area contributed by atoms with Crippen molar-refractivity contribution < 1.29 is 16.8 Å². The molecule has 0 radical (unpaired) electrons. The first-order valence-electron chi connectivity index (χ1n) is 4.33. The molecule has 0 aliphatic carbocycles. The highest BCUT2D eigenvalue weighted by Crippen LogP contribution is 2.35. The van der Waals surface area contributed by atoms with Gasteiger partial charge in [0.1, 0.15) is 8.42 Å². The summed E-state index contributed by atoms with van der Waals surface area (Å²) >= 11 is 0.634. The third-order valence-corrected chi connectivity index (χ3v) is 6.86. The fourth-order valence-corrected chi connectivity index (χ4v) is 5.11. The van der Waals surface area contributed by atoms with Crippen molar-refractivity contribution in [3.8, 4) is 0 Å². The van der Waals surface area contributed by atoms with Crippen LogP contribution in [0.15, 0.2) is 20.7 Å². The first-order chi connectivity index (χ1) is 7.76. The lowest BCUT2D eigenvalue weighted by atomic mass is 10.3. The van der Waals surface area contributed by atoms with E-state index < -0.39 is 20.0 Å². The summed E-state index contributed by atoms with van der Waals surface area (Å²) in [6.07, 6.45) is 2.80. The minimum Gasteiger partial charge on any atom is -0.224 e. The molecule has 0 atom stereocenters. The Bertz CT molecular complexity index is 686. The summed E-state index contributed by atoms with van der Waals surface area (Å²) in [4.78, 5) is 0. The predicted octanol–water partition coefficient (Wildman–Crippen LogP) is -0.495. The van der Waals surface area contributed by atoms with E-state index in [0.29, 0.717) is 16.9 Å². The third kappa shape index (κ3) is 1.98. The van der Waals surface area contributed by atoms with E-state index in [1.54, 1.807) is 0 Å². The van der Waals surface area contributed by atoms with Crippen LogP contribution in [0.5, 0.6) is 0 Å². The fraction of sp³-hybridized carbons (Fsp3) is 0.143. The molecular formula is C7H9N3O4S3. The van der Waals surface area contributed by atoms with Crippen LogP contribution < -0.4 is 10.6 Å². The van der Waals surface area contributed by atoms with Gasteiger partial charge in [0.15, 0.2) is 0 Å². The summed E-state index contributed by atoms with van der Waals surface area (Å²) in [5.41, 5.74) is 2.79. The molecular weight excluding hydrogens is 286 g/mol. The van der Waals surface area contributed by atoms with Crippen molar-refractivity contribution in [1.29, 1.82) is 0 Å². The molecule has 3 N–H and O–H groups in total. The minimum atomic E-state index is -3.89. The zero-order chi connectivity index (χ0) is 12.8. The van der Waals surface area contributed by atoms with E-state index in [1.807, 2.05) is 0 Å². The maximum Gasteiger partial charge on any atom is 0.287 e. The van der Waals surface area contributed by atoms with Crippen molar-refractivity contribution >= 4 is 37.5 Å². The maximum atomic E-state index is 12.0. The van der Waals surface area contributed by atoms with Crippen LogP contribution in [0.25, 0.3) is 6.08 Å². The summed E-state index contributed by atoms with van der Waals surface area (Å²) in [5, 5.41) is 4.96. The Labute approximate surface area is 103 Å². The van der Waals surface area contributed by atoms with Crippen LogP contribution in [0.3, 0.4) is 0 Å². The van der Waals surface area contributed by atoms with Gasteiger partial charge in [0.2, 0.25) is 10.0 Å². The van der Waals surface area contributed by atoms with Crippen LogP contribution in [0.4, 0.5) is 0 Å². The van der Waals surface area contributed by atoms with Crippen LogP contribution in [0.1, 0.15) is 5.56 Å². The quantitative estimate of drug-likeness (QED) is 0.764. The van der Waals surface area contributed by atoms with E-state index in [0.717, 1.165) is 4.41 Å². The predicted molar refractivity (Wildman–Crippen MR) is 62.8 cm³/mol. The first kappa shape index (κ1) is 12.5. The van der Waals surface area contributed by atoms with Gasteiger partial charge in [-0.15, -0.1) is 11.3 Å². The number of thiophene rings is 1. The molecule has 0 fully saturated rings. The van der Waals surface area contributed by atoms with E-state index in [4.69, 9.17) is 5.14 Å². The summed E-state index contributed by atoms with van der Waals surface area (Å²) in [6, 6.07) is 1.25. The highest BCUT2D eigenvalue weighted by molar-refractivity contribution is 7.94. The van der Waals surface area contributed by atoms with Crippen LogP contribution in [-0.2, 0) is 20.0 Å². The molecule has 2 rings (SSSR count). The molecule has 7 nitrogen and oxygen atoms in total. The summed E-state index contributed by atoms with van der Waals surface area (Å²) < 4.78 is 46.9. The van der Waals surface area contributed by atoms with E-state index >= 15 is 0 Å². The van der Waals surface area contributed by atoms with Gasteiger partial charge in [-0.25, -0.2) is 23.4 Å². The van der Waals surface area contributed by atoms with Gasteiger partial charge in [0.25, 0.3) is 10.0 Å². The lowest BCUT2D eigenvalue weighted by Gasteiger charge is -2.21. The molecule has 0 spiro atoms. The molecule has 0 aromatic carbocycles. The molecule has 94 valence electrons. The zero-order valence-corrected chi connectivity index (χ0v) is 11.1. The molecule has 0 saturated heterocycles. The molecule has 1 aliphatic rings. The Morgan fingerprint density at radius 2 is 2.12 bits per heavy atom. The van der Waals surface area contributed by atoms with Crippen molar-refractivity contribution in [2.24, 2.45) is 5.14 Å². The smallest absolute Gasteiger partial charge is 0.224 e. The van der Waals surface area contributed by atoms with Gasteiger partial charge >= 0.3 is 0 Å². The number of hydrogen-bond donors (Lipinski definition) is 2. The SMILES string of the molecule is CNN1C=Cc2cc(S(N)(=O)=O)sc2S1(=O)=O. The van der Waals surface area contributed by atoms with Crippen molar-refractivity contribution in [2.45, 2.75) is 8.42 Å². The highest BCUT2D eigenvalue weighted by atomic mass is 32.3. The normalized spacial score (nSPS) is 18.1. The fourth-order valence-electron chi connectivity index (χ4n) is 1.34. The number of nitrogens with zero attached hydrogens (tertiary/aromatic N) is 1. The standard InChI is InChI=1S/C7H9N3O4S3/c1-9-10-3-2-5-4-6(16(8,11)12)15-7(5)17(10,13)14/h2-4,9H,1H3,(H2,8,11,12). The topological polar surface area (TPSA) is 110 Å². The van der Waals surface area contributed by atoms with E-state index in [-0.39, 0.29) is 8.42 Å². The molecule has 0 unspecified atom stereocenters. The number of nitrogens with one attached hydrogen (secondary N) is 1. The molecule has 1 aromatic rings. The van der Waals surface area contributed by atoms with Gasteiger partial charge in [-0.3, -0.25) is 0 Å². The molecule has 0 saturated carbocycles. The van der Waals surface area contributed by atoms with E-state index in [9.17, 15) is 16.8 Å². The second-order valence-corrected chi connectivity index (χ2v) is 8.04. The summed E-state index contributed by atoms with van der Waals surface area (Å²) in [5.74, 6) is 0. The Hall–Kier alpha value is -0.940. The van der Waals surface area contributed by atoms with Gasteiger partial charge < -0.3 is 0 Å². The average molecular weight is 295 g/mol. The monoisotopic (exact) mass is 295 g/mol. The average Bonchev–Trinajstić information content (AvgIpc) is 2.62. The van der Waals surface area contributed by atoms with Crippen molar-refractivity contribution in [3.63, 3.8) is 0 Å². The Morgan fingerprint density at radius 3 is 2.65 bits per heavy atom. The van der Waals surface area contributed by atoms with Gasteiger partial charge in [0, 0.05) is 18.8 Å². The van der Waals surface area contributed by atoms with Crippen molar-refractivity contribution in [3.05, 3.63) is 17.8 Å². The van der Waals surface area contributed by atoms with Gasteiger partial charge in [-0.05, 0) is 12.1 Å². The summed E-state index contributed by atoms with van der Waals surface area (Å²) in [7, 11) is -6.18. The highest BCUT2D eigenvalue weighted by Gasteiger charge is 2.31. The lowest BCUT2D eigenvalue weighted by Crippen LogP contribution is -2.37. The molecule has 1 aromatic heterocycles. The number of hydrazine groups is 1. The second kappa shape index (κ2) is 3.78. The number of sulfonamides is 2. The number of rotatable bonds is 2. The number of nitrogens with two attached hydrogens (primary N) is 1. The summed E-state index contributed by atoms with van der Waals surface area (Å²) in [6.45, 7) is 0. The lowest BCUT2D eigenvalue weighted by molar-refractivity contribution is 0.438. The van der Waals surface area contributed by atoms with Crippen LogP contribution >= 0.6 is 11.3 Å². The van der Waals surface area contributed by atoms with Gasteiger partial charge in [-0.2, -0.15) is 8.42 Å².